The molecule has 0 bridgehead atoms. The van der Waals surface area contributed by atoms with Gasteiger partial charge in [-0.2, -0.15) is 9.29 Å². The molecule has 1 amide bonds. The Labute approximate surface area is 243 Å². The second kappa shape index (κ2) is 12.3. The number of amides is 1. The third kappa shape index (κ3) is 6.89. The first-order chi connectivity index (χ1) is 19.7. The monoisotopic (exact) mass is 602 g/mol. The molecule has 0 radical (unpaired) electrons. The molecule has 3 aromatic rings. The Morgan fingerprint density at radius 2 is 2.02 bits per heavy atom. The summed E-state index contributed by atoms with van der Waals surface area (Å²) >= 11 is 6.34. The predicted molar refractivity (Wildman–Crippen MR) is 153 cm³/mol. The van der Waals surface area contributed by atoms with Crippen LogP contribution in [-0.4, -0.2) is 108 Å². The maximum atomic E-state index is 13.7. The van der Waals surface area contributed by atoms with Crippen molar-refractivity contribution in [3.05, 3.63) is 66.5 Å². The van der Waals surface area contributed by atoms with E-state index in [9.17, 15) is 13.2 Å². The average molecular weight is 603 g/mol. The van der Waals surface area contributed by atoms with Crippen LogP contribution >= 0.6 is 11.6 Å². The Hall–Kier alpha value is -3.88. The maximum Gasteiger partial charge on any atom is 0.244 e. The zero-order chi connectivity index (χ0) is 29.0. The lowest BCUT2D eigenvalue weighted by atomic mass is 10.1. The molecule has 2 atom stereocenters. The molecule has 4 heterocycles. The minimum Gasteiger partial charge on any atom is -0.486 e. The number of hydrogen-bond donors (Lipinski definition) is 1. The molecule has 1 aromatic carbocycles. The van der Waals surface area contributed by atoms with Crippen molar-refractivity contribution in [1.29, 1.82) is 0 Å². The highest BCUT2D eigenvalue weighted by Crippen LogP contribution is 2.31. The topological polar surface area (TPSA) is 135 Å². The first-order valence-corrected chi connectivity index (χ1v) is 14.9. The fourth-order valence-electron chi connectivity index (χ4n) is 4.52. The van der Waals surface area contributed by atoms with Gasteiger partial charge in [-0.05, 0) is 18.3 Å². The number of rotatable bonds is 9. The van der Waals surface area contributed by atoms with Crippen LogP contribution in [-0.2, 0) is 14.8 Å². The number of nitrogens with zero attached hydrogens (tertiary/aromatic N) is 7. The van der Waals surface area contributed by atoms with Crippen LogP contribution in [0.5, 0.6) is 11.5 Å². The van der Waals surface area contributed by atoms with Crippen molar-refractivity contribution in [1.82, 2.24) is 34.0 Å². The minimum atomic E-state index is -3.67. The summed E-state index contributed by atoms with van der Waals surface area (Å²) in [6.45, 7) is 0.736. The third-order valence-electron chi connectivity index (χ3n) is 6.52. The summed E-state index contributed by atoms with van der Waals surface area (Å²) in [6.07, 6.45) is 7.65. The van der Waals surface area contributed by atoms with E-state index in [2.05, 4.69) is 20.3 Å². The number of imidazole rings is 1. The first-order valence-electron chi connectivity index (χ1n) is 13.0. The molecule has 1 saturated heterocycles. The number of benzene rings is 1. The van der Waals surface area contributed by atoms with E-state index in [0.29, 0.717) is 17.3 Å². The number of carbonyl (C=O) groups excluding carboxylic acids is 1. The Morgan fingerprint density at radius 1 is 1.22 bits per heavy atom. The van der Waals surface area contributed by atoms with E-state index in [4.69, 9.17) is 21.1 Å². The molecule has 1 N–H and O–H groups in total. The van der Waals surface area contributed by atoms with E-state index < -0.39 is 22.2 Å². The number of aromatic nitrogens is 4. The van der Waals surface area contributed by atoms with Crippen molar-refractivity contribution in [2.45, 2.75) is 12.1 Å². The van der Waals surface area contributed by atoms with E-state index in [1.807, 2.05) is 32.3 Å². The minimum absolute atomic E-state index is 0.0726. The van der Waals surface area contributed by atoms with Crippen LogP contribution < -0.4 is 19.7 Å². The lowest BCUT2D eigenvalue weighted by Crippen LogP contribution is -2.61. The summed E-state index contributed by atoms with van der Waals surface area (Å²) < 4.78 is 41.0. The van der Waals surface area contributed by atoms with Gasteiger partial charge in [0, 0.05) is 52.2 Å². The zero-order valence-electron chi connectivity index (χ0n) is 22.6. The number of halogens is 1. The van der Waals surface area contributed by atoms with Crippen molar-refractivity contribution < 1.29 is 22.7 Å². The van der Waals surface area contributed by atoms with Gasteiger partial charge in [0.15, 0.2) is 11.5 Å². The molecule has 2 aliphatic heterocycles. The molecule has 1 fully saturated rings. The SMILES string of the molecule is CN(C)C=CCS(=O)(=O)N1CCN(c2cc(Cl)nc(-n3ccnc3)n2)C(C(=O)NCC2COc3ccccc3O2)C1. The second-order valence-electron chi connectivity index (χ2n) is 9.76. The van der Waals surface area contributed by atoms with E-state index >= 15 is 0 Å². The van der Waals surface area contributed by atoms with Crippen molar-refractivity contribution in [3.8, 4) is 17.4 Å². The molecule has 218 valence electrons. The number of anilines is 1. The van der Waals surface area contributed by atoms with Crippen LogP contribution in [0.4, 0.5) is 5.82 Å². The summed E-state index contributed by atoms with van der Waals surface area (Å²) in [7, 11) is -0.0498. The number of para-hydroxylation sites is 2. The summed E-state index contributed by atoms with van der Waals surface area (Å²) in [4.78, 5) is 30.1. The predicted octanol–water partition coefficient (Wildman–Crippen LogP) is 1.17. The van der Waals surface area contributed by atoms with Gasteiger partial charge in [0.25, 0.3) is 0 Å². The smallest absolute Gasteiger partial charge is 0.244 e. The van der Waals surface area contributed by atoms with Gasteiger partial charge in [-0.3, -0.25) is 9.36 Å². The maximum absolute atomic E-state index is 13.7. The molecular formula is C26H31ClN8O5S. The average Bonchev–Trinajstić information content (AvgIpc) is 3.50. The summed E-state index contributed by atoms with van der Waals surface area (Å²) in [5.74, 6) is 1.35. The molecule has 41 heavy (non-hydrogen) atoms. The van der Waals surface area contributed by atoms with E-state index in [1.54, 1.807) is 51.2 Å². The molecule has 5 rings (SSSR count). The molecule has 15 heteroatoms. The van der Waals surface area contributed by atoms with Gasteiger partial charge in [0.1, 0.15) is 36.1 Å². The van der Waals surface area contributed by atoms with E-state index in [1.165, 1.54) is 10.6 Å². The fraction of sp³-hybridized carbons (Fsp3) is 0.385. The Kier molecular flexibility index (Phi) is 8.61. The first kappa shape index (κ1) is 28.6. The van der Waals surface area contributed by atoms with Gasteiger partial charge in [-0.1, -0.05) is 29.8 Å². The van der Waals surface area contributed by atoms with Crippen molar-refractivity contribution in [2.75, 3.05) is 57.5 Å². The number of carbonyl (C=O) groups is 1. The van der Waals surface area contributed by atoms with Crippen molar-refractivity contribution in [2.24, 2.45) is 0 Å². The van der Waals surface area contributed by atoms with Gasteiger partial charge in [0.2, 0.25) is 21.9 Å². The molecule has 13 nitrogen and oxygen atoms in total. The Bertz CT molecular complexity index is 1500. The summed E-state index contributed by atoms with van der Waals surface area (Å²) in [6, 6.07) is 7.98. The van der Waals surface area contributed by atoms with Crippen LogP contribution in [0.25, 0.3) is 5.95 Å². The van der Waals surface area contributed by atoms with Gasteiger partial charge in [-0.25, -0.2) is 18.4 Å². The number of hydrogen-bond acceptors (Lipinski definition) is 10. The van der Waals surface area contributed by atoms with E-state index in [0.717, 1.165) is 0 Å². The van der Waals surface area contributed by atoms with Gasteiger partial charge in [0.05, 0.1) is 12.3 Å². The van der Waals surface area contributed by atoms with Crippen LogP contribution in [0, 0.1) is 0 Å². The molecule has 2 aromatic heterocycles. The van der Waals surface area contributed by atoms with Crippen molar-refractivity contribution in [3.63, 3.8) is 0 Å². The van der Waals surface area contributed by atoms with Gasteiger partial charge >= 0.3 is 0 Å². The Morgan fingerprint density at radius 3 is 2.78 bits per heavy atom. The summed E-state index contributed by atoms with van der Waals surface area (Å²) in [5.41, 5.74) is 0. The molecule has 0 aliphatic carbocycles. The van der Waals surface area contributed by atoms with Gasteiger partial charge in [-0.15, -0.1) is 0 Å². The normalized spacial score (nSPS) is 19.3. The quantitative estimate of drug-likeness (QED) is 0.356. The number of sulfonamides is 1. The van der Waals surface area contributed by atoms with Crippen LogP contribution in [0.15, 0.2) is 61.3 Å². The molecule has 0 saturated carbocycles. The zero-order valence-corrected chi connectivity index (χ0v) is 24.2. The molecule has 2 unspecified atom stereocenters. The number of fused-ring (bicyclic) bond motifs is 1. The summed E-state index contributed by atoms with van der Waals surface area (Å²) in [5, 5.41) is 3.09. The highest BCUT2D eigenvalue weighted by Gasteiger charge is 2.38. The third-order valence-corrected chi connectivity index (χ3v) is 8.45. The standard InChI is InChI=1S/C26H31ClN8O5S/c1-32(2)9-5-13-41(37,38)34-11-12-35(24-14-23(27)30-26(31-24)33-10-8-28-18-33)20(16-34)25(36)29-15-19-17-39-21-6-3-4-7-22(21)40-19/h3-10,14,18-20H,11-13,15-17H2,1-2H3,(H,29,36). The van der Waals surface area contributed by atoms with Gasteiger partial charge < -0.3 is 24.6 Å². The number of ether oxygens (including phenoxy) is 2. The lowest BCUT2D eigenvalue weighted by Gasteiger charge is -2.40. The highest BCUT2D eigenvalue weighted by atomic mass is 35.5. The van der Waals surface area contributed by atoms with Crippen LogP contribution in [0.2, 0.25) is 5.15 Å². The number of piperazine rings is 1. The van der Waals surface area contributed by atoms with Crippen LogP contribution in [0.3, 0.4) is 0 Å². The molecule has 2 aliphatic rings. The van der Waals surface area contributed by atoms with E-state index in [-0.39, 0.29) is 55.5 Å². The molecule has 0 spiro atoms. The largest absolute Gasteiger partial charge is 0.486 e. The van der Waals surface area contributed by atoms with Crippen LogP contribution in [0.1, 0.15) is 0 Å². The highest BCUT2D eigenvalue weighted by molar-refractivity contribution is 7.89. The lowest BCUT2D eigenvalue weighted by molar-refractivity contribution is -0.123. The molecular weight excluding hydrogens is 572 g/mol. The van der Waals surface area contributed by atoms with Crippen molar-refractivity contribution >= 4 is 33.3 Å². The fourth-order valence-corrected chi connectivity index (χ4v) is 5.96. The number of nitrogens with one attached hydrogen (secondary N) is 1. The Balaban J connectivity index is 1.36. The second-order valence-corrected chi connectivity index (χ2v) is 12.2.